The standard InChI is InChI=1S/C6H3ClN2O4/c7-3-1-2-4(9(12)13)8-5(3)6(10)11/h1-2H,(H,10,11). The molecule has 0 saturated carbocycles. The fourth-order valence-corrected chi connectivity index (χ4v) is 0.870. The number of aromatic carboxylic acids is 1. The third kappa shape index (κ3) is 1.91. The first-order valence-corrected chi connectivity index (χ1v) is 3.44. The van der Waals surface area contributed by atoms with Gasteiger partial charge in [-0.05, 0) is 16.0 Å². The minimum Gasteiger partial charge on any atom is -0.475 e. The zero-order chi connectivity index (χ0) is 10.0. The second kappa shape index (κ2) is 3.36. The van der Waals surface area contributed by atoms with Gasteiger partial charge in [0.2, 0.25) is 0 Å². The van der Waals surface area contributed by atoms with Crippen LogP contribution >= 0.6 is 11.6 Å². The molecule has 7 heteroatoms. The van der Waals surface area contributed by atoms with Crippen LogP contribution in [0.3, 0.4) is 0 Å². The number of hydrogen-bond acceptors (Lipinski definition) is 4. The van der Waals surface area contributed by atoms with Crippen molar-refractivity contribution >= 4 is 23.4 Å². The van der Waals surface area contributed by atoms with E-state index in [2.05, 4.69) is 4.98 Å². The summed E-state index contributed by atoms with van der Waals surface area (Å²) in [7, 11) is 0. The molecule has 0 aliphatic carbocycles. The summed E-state index contributed by atoms with van der Waals surface area (Å²) in [5.74, 6) is -1.93. The number of rotatable bonds is 2. The Bertz CT molecular complexity index is 379. The van der Waals surface area contributed by atoms with Gasteiger partial charge in [0.1, 0.15) is 0 Å². The third-order valence-corrected chi connectivity index (χ3v) is 1.53. The van der Waals surface area contributed by atoms with Gasteiger partial charge in [0, 0.05) is 6.07 Å². The van der Waals surface area contributed by atoms with Crippen LogP contribution in [0.15, 0.2) is 12.1 Å². The number of carbonyl (C=O) groups is 1. The lowest BCUT2D eigenvalue weighted by Crippen LogP contribution is -2.03. The molecular formula is C6H3ClN2O4. The van der Waals surface area contributed by atoms with E-state index in [1.54, 1.807) is 0 Å². The van der Waals surface area contributed by atoms with Crippen LogP contribution in [0.5, 0.6) is 0 Å². The van der Waals surface area contributed by atoms with Crippen LogP contribution in [0.2, 0.25) is 5.02 Å². The molecule has 6 nitrogen and oxygen atoms in total. The average Bonchev–Trinajstić information content (AvgIpc) is 2.04. The maximum atomic E-state index is 10.4. The van der Waals surface area contributed by atoms with E-state index in [0.717, 1.165) is 12.1 Å². The molecule has 0 aliphatic rings. The Hall–Kier alpha value is -1.69. The van der Waals surface area contributed by atoms with Gasteiger partial charge in [-0.1, -0.05) is 11.6 Å². The normalized spacial score (nSPS) is 9.62. The van der Waals surface area contributed by atoms with Crippen LogP contribution in [0.1, 0.15) is 10.5 Å². The fraction of sp³-hybridized carbons (Fsp3) is 0. The maximum absolute atomic E-state index is 10.4. The van der Waals surface area contributed by atoms with E-state index in [9.17, 15) is 14.9 Å². The molecule has 0 radical (unpaired) electrons. The third-order valence-electron chi connectivity index (χ3n) is 1.22. The molecule has 13 heavy (non-hydrogen) atoms. The Kier molecular flexibility index (Phi) is 2.43. The molecule has 1 heterocycles. The van der Waals surface area contributed by atoms with Crippen LogP contribution < -0.4 is 0 Å². The van der Waals surface area contributed by atoms with Gasteiger partial charge in [-0.15, -0.1) is 0 Å². The largest absolute Gasteiger partial charge is 0.475 e. The number of hydrogen-bond donors (Lipinski definition) is 1. The van der Waals surface area contributed by atoms with E-state index in [4.69, 9.17) is 16.7 Å². The second-order valence-corrected chi connectivity index (χ2v) is 2.47. The fourth-order valence-electron chi connectivity index (χ4n) is 0.684. The highest BCUT2D eigenvalue weighted by Gasteiger charge is 2.19. The summed E-state index contributed by atoms with van der Waals surface area (Å²) in [6, 6.07) is 2.16. The summed E-state index contributed by atoms with van der Waals surface area (Å²) in [5, 5.41) is 18.6. The minimum atomic E-state index is -1.39. The van der Waals surface area contributed by atoms with E-state index in [-0.39, 0.29) is 5.02 Å². The van der Waals surface area contributed by atoms with Crippen molar-refractivity contribution in [2.24, 2.45) is 0 Å². The quantitative estimate of drug-likeness (QED) is 0.577. The van der Waals surface area contributed by atoms with Gasteiger partial charge in [0.15, 0.2) is 0 Å². The minimum absolute atomic E-state index is 0.127. The Balaban J connectivity index is 3.27. The molecule has 1 rings (SSSR count). The lowest BCUT2D eigenvalue weighted by Gasteiger charge is -1.93. The molecule has 1 N–H and O–H groups in total. The second-order valence-electron chi connectivity index (χ2n) is 2.06. The summed E-state index contributed by atoms with van der Waals surface area (Å²) >= 11 is 5.43. The molecule has 0 unspecified atom stereocenters. The van der Waals surface area contributed by atoms with Gasteiger partial charge in [-0.3, -0.25) is 0 Å². The summed E-state index contributed by atoms with van der Waals surface area (Å²) in [5.41, 5.74) is -0.518. The van der Waals surface area contributed by atoms with Gasteiger partial charge < -0.3 is 15.2 Å². The molecule has 0 spiro atoms. The van der Waals surface area contributed by atoms with Crippen LogP contribution in [-0.4, -0.2) is 21.0 Å². The summed E-state index contributed by atoms with van der Waals surface area (Å²) in [6.45, 7) is 0. The Morgan fingerprint density at radius 1 is 1.62 bits per heavy atom. The number of carboxylic acid groups (broad SMARTS) is 1. The van der Waals surface area contributed by atoms with Gasteiger partial charge in [-0.2, -0.15) is 0 Å². The number of halogens is 1. The van der Waals surface area contributed by atoms with E-state index in [1.807, 2.05) is 0 Å². The van der Waals surface area contributed by atoms with Gasteiger partial charge >= 0.3 is 11.8 Å². The van der Waals surface area contributed by atoms with Gasteiger partial charge in [-0.25, -0.2) is 4.79 Å². The molecule has 0 fully saturated rings. The summed E-state index contributed by atoms with van der Waals surface area (Å²) < 4.78 is 0. The topological polar surface area (TPSA) is 93.3 Å². The van der Waals surface area contributed by atoms with Crippen molar-refractivity contribution in [1.29, 1.82) is 0 Å². The highest BCUT2D eigenvalue weighted by atomic mass is 35.5. The van der Waals surface area contributed by atoms with E-state index >= 15 is 0 Å². The SMILES string of the molecule is O=C(O)c1nc([N+](=O)[O-])ccc1Cl. The molecule has 0 saturated heterocycles. The zero-order valence-electron chi connectivity index (χ0n) is 6.10. The highest BCUT2D eigenvalue weighted by molar-refractivity contribution is 6.33. The first-order chi connectivity index (χ1) is 6.02. The first kappa shape index (κ1) is 9.40. The maximum Gasteiger partial charge on any atom is 0.382 e. The molecule has 0 atom stereocenters. The molecule has 68 valence electrons. The number of nitrogens with zero attached hydrogens (tertiary/aromatic N) is 2. The molecule has 1 aromatic rings. The van der Waals surface area contributed by atoms with Crippen molar-refractivity contribution in [2.75, 3.05) is 0 Å². The van der Waals surface area contributed by atoms with Crippen LogP contribution in [-0.2, 0) is 0 Å². The van der Waals surface area contributed by atoms with E-state index in [0.29, 0.717) is 0 Å². The molecule has 0 amide bonds. The summed E-state index contributed by atoms with van der Waals surface area (Å²) in [6.07, 6.45) is 0. The molecular weight excluding hydrogens is 200 g/mol. The number of carboxylic acids is 1. The van der Waals surface area contributed by atoms with Crippen molar-refractivity contribution in [2.45, 2.75) is 0 Å². The van der Waals surface area contributed by atoms with Crippen molar-refractivity contribution in [1.82, 2.24) is 4.98 Å². The van der Waals surface area contributed by atoms with Crippen LogP contribution in [0.25, 0.3) is 0 Å². The van der Waals surface area contributed by atoms with Crippen molar-refractivity contribution in [3.63, 3.8) is 0 Å². The van der Waals surface area contributed by atoms with E-state index in [1.165, 1.54) is 0 Å². The summed E-state index contributed by atoms with van der Waals surface area (Å²) in [4.78, 5) is 23.1. The number of pyridine rings is 1. The lowest BCUT2D eigenvalue weighted by atomic mass is 10.3. The predicted molar refractivity (Wildman–Crippen MR) is 42.9 cm³/mol. The van der Waals surface area contributed by atoms with Crippen molar-refractivity contribution in [3.05, 3.63) is 33.0 Å². The predicted octanol–water partition coefficient (Wildman–Crippen LogP) is 1.34. The molecule has 1 aromatic heterocycles. The lowest BCUT2D eigenvalue weighted by molar-refractivity contribution is -0.389. The van der Waals surface area contributed by atoms with Gasteiger partial charge in [0.05, 0.1) is 5.02 Å². The average molecular weight is 203 g/mol. The molecule has 0 aromatic carbocycles. The zero-order valence-corrected chi connectivity index (χ0v) is 6.85. The Labute approximate surface area is 76.9 Å². The van der Waals surface area contributed by atoms with Crippen molar-refractivity contribution < 1.29 is 14.8 Å². The monoisotopic (exact) mass is 202 g/mol. The van der Waals surface area contributed by atoms with Gasteiger partial charge in [0.25, 0.3) is 5.69 Å². The highest BCUT2D eigenvalue weighted by Crippen LogP contribution is 2.17. The molecule has 0 aliphatic heterocycles. The van der Waals surface area contributed by atoms with E-state index < -0.39 is 22.4 Å². The Morgan fingerprint density at radius 2 is 2.23 bits per heavy atom. The number of aromatic nitrogens is 1. The Morgan fingerprint density at radius 3 is 2.69 bits per heavy atom. The van der Waals surface area contributed by atoms with Crippen LogP contribution in [0, 0.1) is 10.1 Å². The first-order valence-electron chi connectivity index (χ1n) is 3.06. The smallest absolute Gasteiger partial charge is 0.382 e. The molecule has 0 bridgehead atoms. The van der Waals surface area contributed by atoms with Crippen molar-refractivity contribution in [3.8, 4) is 0 Å². The number of nitro groups is 1. The van der Waals surface area contributed by atoms with Crippen LogP contribution in [0.4, 0.5) is 5.82 Å².